The van der Waals surface area contributed by atoms with Crippen LogP contribution in [0.3, 0.4) is 0 Å². The number of carboxylic acid groups (broad SMARTS) is 1. The molecule has 28 heavy (non-hydrogen) atoms. The Balaban J connectivity index is 1.86. The Bertz CT molecular complexity index is 945. The molecule has 0 saturated carbocycles. The molecule has 0 bridgehead atoms. The molecule has 0 aliphatic rings. The molecule has 2 heterocycles. The first-order valence-corrected chi connectivity index (χ1v) is 8.41. The van der Waals surface area contributed by atoms with Gasteiger partial charge in [0.05, 0.1) is 20.8 Å². The zero-order valence-electron chi connectivity index (χ0n) is 15.7. The number of carboxylic acids is 1. The number of likely N-dealkylation sites (N-methyl/N-ethyl adjacent to an activating group) is 1. The summed E-state index contributed by atoms with van der Waals surface area (Å²) < 4.78 is 15.8. The molecule has 2 aromatic heterocycles. The molecule has 9 nitrogen and oxygen atoms in total. The number of hydrogen-bond acceptors (Lipinski definition) is 8. The SMILES string of the molecule is COc1ccc(OC)c(C(C(=O)O)N(C)Cc2nc(-c3ccncc3)no2)c1. The molecular formula is C19H20N4O5. The van der Waals surface area contributed by atoms with Crippen molar-refractivity contribution in [3.63, 3.8) is 0 Å². The van der Waals surface area contributed by atoms with E-state index in [2.05, 4.69) is 15.1 Å². The predicted molar refractivity (Wildman–Crippen MR) is 98.9 cm³/mol. The highest BCUT2D eigenvalue weighted by Crippen LogP contribution is 2.33. The zero-order valence-corrected chi connectivity index (χ0v) is 15.7. The predicted octanol–water partition coefficient (Wildman–Crippen LogP) is 2.41. The Morgan fingerprint density at radius 3 is 2.61 bits per heavy atom. The van der Waals surface area contributed by atoms with Crippen LogP contribution in [0, 0.1) is 0 Å². The molecule has 1 unspecified atom stereocenters. The maximum atomic E-state index is 12.0. The van der Waals surface area contributed by atoms with Gasteiger partial charge in [0, 0.05) is 23.5 Å². The molecule has 9 heteroatoms. The van der Waals surface area contributed by atoms with Crippen molar-refractivity contribution in [2.45, 2.75) is 12.6 Å². The molecule has 0 saturated heterocycles. The first-order valence-electron chi connectivity index (χ1n) is 8.41. The van der Waals surface area contributed by atoms with E-state index in [1.807, 2.05) is 0 Å². The molecule has 0 radical (unpaired) electrons. The maximum Gasteiger partial charge on any atom is 0.325 e. The first kappa shape index (κ1) is 19.3. The number of nitrogens with zero attached hydrogens (tertiary/aromatic N) is 4. The van der Waals surface area contributed by atoms with Crippen molar-refractivity contribution in [2.24, 2.45) is 0 Å². The van der Waals surface area contributed by atoms with Crippen molar-refractivity contribution in [3.05, 3.63) is 54.2 Å². The van der Waals surface area contributed by atoms with Crippen molar-refractivity contribution in [1.29, 1.82) is 0 Å². The third kappa shape index (κ3) is 4.09. The lowest BCUT2D eigenvalue weighted by Crippen LogP contribution is -2.31. The lowest BCUT2D eigenvalue weighted by atomic mass is 10.0. The third-order valence-corrected chi connectivity index (χ3v) is 4.20. The number of hydrogen-bond donors (Lipinski definition) is 1. The Kier molecular flexibility index (Phi) is 5.85. The summed E-state index contributed by atoms with van der Waals surface area (Å²) in [6, 6.07) is 7.55. The number of aromatic nitrogens is 3. The van der Waals surface area contributed by atoms with E-state index in [4.69, 9.17) is 14.0 Å². The number of aliphatic carboxylic acids is 1. The second-order valence-electron chi connectivity index (χ2n) is 6.01. The summed E-state index contributed by atoms with van der Waals surface area (Å²) in [6.45, 7) is 0.134. The standard InChI is InChI=1S/C19H20N4O5/c1-23(11-16-21-18(22-28-16)12-6-8-20-9-7-12)17(19(24)25)14-10-13(26-2)4-5-15(14)27-3/h4-10,17H,11H2,1-3H3,(H,24,25). The van der Waals surface area contributed by atoms with Crippen molar-refractivity contribution < 1.29 is 23.9 Å². The fourth-order valence-corrected chi connectivity index (χ4v) is 2.85. The van der Waals surface area contributed by atoms with Crippen molar-refractivity contribution in [3.8, 4) is 22.9 Å². The van der Waals surface area contributed by atoms with Gasteiger partial charge in [-0.25, -0.2) is 0 Å². The molecule has 0 fully saturated rings. The van der Waals surface area contributed by atoms with E-state index in [9.17, 15) is 9.90 Å². The van der Waals surface area contributed by atoms with Crippen LogP contribution >= 0.6 is 0 Å². The van der Waals surface area contributed by atoms with E-state index in [0.717, 1.165) is 5.56 Å². The molecule has 0 aliphatic carbocycles. The normalized spacial score (nSPS) is 12.0. The molecule has 0 spiro atoms. The Morgan fingerprint density at radius 2 is 1.96 bits per heavy atom. The van der Waals surface area contributed by atoms with Crippen LogP contribution in [-0.4, -0.2) is 52.4 Å². The monoisotopic (exact) mass is 384 g/mol. The van der Waals surface area contributed by atoms with Crippen LogP contribution < -0.4 is 9.47 Å². The van der Waals surface area contributed by atoms with E-state index in [0.29, 0.717) is 28.8 Å². The van der Waals surface area contributed by atoms with Gasteiger partial charge in [-0.05, 0) is 37.4 Å². The van der Waals surface area contributed by atoms with E-state index in [1.165, 1.54) is 14.2 Å². The Labute approximate surface area is 161 Å². The minimum atomic E-state index is -1.04. The Morgan fingerprint density at radius 1 is 1.21 bits per heavy atom. The van der Waals surface area contributed by atoms with Crippen LogP contribution in [0.25, 0.3) is 11.4 Å². The van der Waals surface area contributed by atoms with Gasteiger partial charge < -0.3 is 19.1 Å². The number of rotatable bonds is 8. The van der Waals surface area contributed by atoms with Gasteiger partial charge in [0.25, 0.3) is 0 Å². The van der Waals surface area contributed by atoms with Gasteiger partial charge in [-0.15, -0.1) is 0 Å². The van der Waals surface area contributed by atoms with Crippen molar-refractivity contribution in [2.75, 3.05) is 21.3 Å². The average Bonchev–Trinajstić information content (AvgIpc) is 3.16. The highest BCUT2D eigenvalue weighted by atomic mass is 16.5. The fraction of sp³-hybridized carbons (Fsp3) is 0.263. The fourth-order valence-electron chi connectivity index (χ4n) is 2.85. The molecule has 1 atom stereocenters. The number of carbonyl (C=O) groups is 1. The summed E-state index contributed by atoms with van der Waals surface area (Å²) in [4.78, 5) is 21.9. The van der Waals surface area contributed by atoms with Gasteiger partial charge >= 0.3 is 5.97 Å². The summed E-state index contributed by atoms with van der Waals surface area (Å²) in [7, 11) is 4.67. The summed E-state index contributed by atoms with van der Waals surface area (Å²) in [5.74, 6) is 0.651. The largest absolute Gasteiger partial charge is 0.497 e. The van der Waals surface area contributed by atoms with Gasteiger partial charge in [-0.2, -0.15) is 4.98 Å². The zero-order chi connectivity index (χ0) is 20.1. The van der Waals surface area contributed by atoms with E-state index >= 15 is 0 Å². The van der Waals surface area contributed by atoms with Crippen LogP contribution in [0.2, 0.25) is 0 Å². The van der Waals surface area contributed by atoms with Crippen LogP contribution in [0.5, 0.6) is 11.5 Å². The molecule has 146 valence electrons. The van der Waals surface area contributed by atoms with Crippen LogP contribution in [0.15, 0.2) is 47.2 Å². The van der Waals surface area contributed by atoms with Crippen LogP contribution in [0.1, 0.15) is 17.5 Å². The summed E-state index contributed by atoms with van der Waals surface area (Å²) in [6.07, 6.45) is 3.26. The maximum absolute atomic E-state index is 12.0. The molecule has 0 aliphatic heterocycles. The quantitative estimate of drug-likeness (QED) is 0.626. The summed E-state index contributed by atoms with van der Waals surface area (Å²) >= 11 is 0. The second kappa shape index (κ2) is 8.49. The number of benzene rings is 1. The van der Waals surface area contributed by atoms with E-state index in [-0.39, 0.29) is 6.54 Å². The molecule has 1 N–H and O–H groups in total. The topological polar surface area (TPSA) is 111 Å². The number of ether oxygens (including phenoxy) is 2. The molecule has 3 aromatic rings. The van der Waals surface area contributed by atoms with Gasteiger partial charge in [-0.3, -0.25) is 14.7 Å². The highest BCUT2D eigenvalue weighted by Gasteiger charge is 2.29. The van der Waals surface area contributed by atoms with E-state index < -0.39 is 12.0 Å². The average molecular weight is 384 g/mol. The van der Waals surface area contributed by atoms with Gasteiger partial charge in [0.15, 0.2) is 0 Å². The van der Waals surface area contributed by atoms with Gasteiger partial charge in [0.2, 0.25) is 11.7 Å². The molecule has 0 amide bonds. The lowest BCUT2D eigenvalue weighted by Gasteiger charge is -2.25. The van der Waals surface area contributed by atoms with Gasteiger partial charge in [-0.1, -0.05) is 5.16 Å². The van der Waals surface area contributed by atoms with Crippen LogP contribution in [0.4, 0.5) is 0 Å². The molecular weight excluding hydrogens is 364 g/mol. The van der Waals surface area contributed by atoms with Crippen molar-refractivity contribution >= 4 is 5.97 Å². The lowest BCUT2D eigenvalue weighted by molar-refractivity contribution is -0.143. The number of pyridine rings is 1. The first-order chi connectivity index (χ1) is 13.5. The van der Waals surface area contributed by atoms with Gasteiger partial charge in [0.1, 0.15) is 17.5 Å². The van der Waals surface area contributed by atoms with Crippen molar-refractivity contribution in [1.82, 2.24) is 20.0 Å². The number of methoxy groups -OCH3 is 2. The Hall–Kier alpha value is -3.46. The minimum Gasteiger partial charge on any atom is -0.497 e. The summed E-state index contributed by atoms with van der Waals surface area (Å²) in [5.41, 5.74) is 1.22. The smallest absolute Gasteiger partial charge is 0.325 e. The third-order valence-electron chi connectivity index (χ3n) is 4.20. The van der Waals surface area contributed by atoms with Crippen LogP contribution in [-0.2, 0) is 11.3 Å². The highest BCUT2D eigenvalue weighted by molar-refractivity contribution is 5.77. The molecule has 3 rings (SSSR count). The molecule has 1 aromatic carbocycles. The second-order valence-corrected chi connectivity index (χ2v) is 6.01. The summed E-state index contributed by atoms with van der Waals surface area (Å²) in [5, 5.41) is 13.8. The minimum absolute atomic E-state index is 0.134. The van der Waals surface area contributed by atoms with E-state index in [1.54, 1.807) is 54.7 Å².